The minimum absolute atomic E-state index is 0.551. The number of ether oxygens (including phenoxy) is 1. The third-order valence-corrected chi connectivity index (χ3v) is 5.52. The van der Waals surface area contributed by atoms with Gasteiger partial charge < -0.3 is 9.64 Å². The predicted molar refractivity (Wildman–Crippen MR) is 85.1 cm³/mol. The van der Waals surface area contributed by atoms with E-state index >= 15 is 0 Å². The summed E-state index contributed by atoms with van der Waals surface area (Å²) in [6.45, 7) is 7.43. The van der Waals surface area contributed by atoms with Gasteiger partial charge in [0.25, 0.3) is 0 Å². The molecule has 2 aliphatic rings. The summed E-state index contributed by atoms with van der Waals surface area (Å²) in [5.74, 6) is 0.973. The van der Waals surface area contributed by atoms with Crippen molar-refractivity contribution in [3.63, 3.8) is 0 Å². The van der Waals surface area contributed by atoms with Crippen LogP contribution in [0.15, 0.2) is 0 Å². The molecule has 0 aromatic carbocycles. The van der Waals surface area contributed by atoms with Crippen molar-refractivity contribution in [2.75, 3.05) is 40.3 Å². The summed E-state index contributed by atoms with van der Waals surface area (Å²) in [6, 6.07) is 0.777. The average molecular weight is 282 g/mol. The first-order chi connectivity index (χ1) is 9.69. The van der Waals surface area contributed by atoms with Crippen LogP contribution in [0, 0.1) is 5.92 Å². The number of hydrogen-bond donors (Lipinski definition) is 0. The first-order valence-corrected chi connectivity index (χ1v) is 8.64. The number of rotatable bonds is 6. The fraction of sp³-hybridized carbons (Fsp3) is 1.00. The Kier molecular flexibility index (Phi) is 6.79. The summed E-state index contributed by atoms with van der Waals surface area (Å²) < 4.78 is 5.46. The molecule has 1 saturated heterocycles. The van der Waals surface area contributed by atoms with E-state index in [0.29, 0.717) is 6.10 Å². The quantitative estimate of drug-likeness (QED) is 0.745. The van der Waals surface area contributed by atoms with Crippen LogP contribution in [0.4, 0.5) is 0 Å². The molecule has 1 atom stereocenters. The van der Waals surface area contributed by atoms with Crippen LogP contribution in [0.25, 0.3) is 0 Å². The average Bonchev–Trinajstić information content (AvgIpc) is 2.48. The van der Waals surface area contributed by atoms with Crippen molar-refractivity contribution < 1.29 is 4.74 Å². The first-order valence-electron chi connectivity index (χ1n) is 8.64. The second-order valence-corrected chi connectivity index (χ2v) is 7.00. The van der Waals surface area contributed by atoms with Crippen molar-refractivity contribution in [2.45, 2.75) is 64.0 Å². The van der Waals surface area contributed by atoms with Gasteiger partial charge in [-0.05, 0) is 52.0 Å². The highest BCUT2D eigenvalue weighted by molar-refractivity contribution is 4.76. The maximum atomic E-state index is 5.46. The standard InChI is InChI=1S/C17H34N2O/c1-15(19-13-11-18(2)12-14-19)5-4-6-16-7-9-17(20-3)10-8-16/h15-17H,4-14H2,1-3H3. The molecule has 1 aliphatic heterocycles. The normalized spacial score (nSPS) is 31.4. The van der Waals surface area contributed by atoms with Crippen molar-refractivity contribution in [1.82, 2.24) is 9.80 Å². The second-order valence-electron chi connectivity index (χ2n) is 7.00. The van der Waals surface area contributed by atoms with Gasteiger partial charge in [-0.25, -0.2) is 0 Å². The monoisotopic (exact) mass is 282 g/mol. The molecule has 2 rings (SSSR count). The van der Waals surface area contributed by atoms with E-state index in [-0.39, 0.29) is 0 Å². The Labute approximate surface area is 125 Å². The van der Waals surface area contributed by atoms with Crippen molar-refractivity contribution in [3.05, 3.63) is 0 Å². The lowest BCUT2D eigenvalue weighted by Gasteiger charge is -2.36. The molecule has 3 heteroatoms. The van der Waals surface area contributed by atoms with Crippen molar-refractivity contribution >= 4 is 0 Å². The SMILES string of the molecule is COC1CCC(CCCC(C)N2CCN(C)CC2)CC1. The zero-order valence-corrected chi connectivity index (χ0v) is 13.8. The summed E-state index contributed by atoms with van der Waals surface area (Å²) in [4.78, 5) is 5.12. The van der Waals surface area contributed by atoms with Gasteiger partial charge in [0.1, 0.15) is 0 Å². The van der Waals surface area contributed by atoms with E-state index in [9.17, 15) is 0 Å². The molecule has 0 radical (unpaired) electrons. The molecular formula is C17H34N2O. The Bertz CT molecular complexity index is 256. The van der Waals surface area contributed by atoms with Crippen LogP contribution in [0.5, 0.6) is 0 Å². The molecule has 1 heterocycles. The van der Waals surface area contributed by atoms with Crippen LogP contribution in [0.3, 0.4) is 0 Å². The third-order valence-electron chi connectivity index (χ3n) is 5.52. The zero-order valence-electron chi connectivity index (χ0n) is 13.8. The molecule has 2 fully saturated rings. The van der Waals surface area contributed by atoms with Gasteiger partial charge in [-0.2, -0.15) is 0 Å². The number of likely N-dealkylation sites (N-methyl/N-ethyl adjacent to an activating group) is 1. The highest BCUT2D eigenvalue weighted by Crippen LogP contribution is 2.29. The van der Waals surface area contributed by atoms with Crippen LogP contribution in [0.1, 0.15) is 51.9 Å². The smallest absolute Gasteiger partial charge is 0.0571 e. The van der Waals surface area contributed by atoms with Gasteiger partial charge in [-0.1, -0.05) is 12.8 Å². The van der Waals surface area contributed by atoms with Gasteiger partial charge in [0.2, 0.25) is 0 Å². The molecule has 1 saturated carbocycles. The topological polar surface area (TPSA) is 15.7 Å². The van der Waals surface area contributed by atoms with E-state index in [4.69, 9.17) is 4.74 Å². The molecule has 0 amide bonds. The fourth-order valence-electron chi connectivity index (χ4n) is 3.80. The van der Waals surface area contributed by atoms with Crippen LogP contribution in [-0.4, -0.2) is 62.3 Å². The molecular weight excluding hydrogens is 248 g/mol. The summed E-state index contributed by atoms with van der Waals surface area (Å²) in [7, 11) is 4.10. The zero-order chi connectivity index (χ0) is 14.4. The van der Waals surface area contributed by atoms with Crippen LogP contribution >= 0.6 is 0 Å². The lowest BCUT2D eigenvalue weighted by atomic mass is 9.84. The maximum absolute atomic E-state index is 5.46. The Morgan fingerprint density at radius 3 is 2.30 bits per heavy atom. The van der Waals surface area contributed by atoms with Crippen molar-refractivity contribution in [1.29, 1.82) is 0 Å². The van der Waals surface area contributed by atoms with Crippen molar-refractivity contribution in [3.8, 4) is 0 Å². The molecule has 118 valence electrons. The Morgan fingerprint density at radius 2 is 1.70 bits per heavy atom. The fourth-order valence-corrected chi connectivity index (χ4v) is 3.80. The van der Waals surface area contributed by atoms with Gasteiger partial charge in [-0.15, -0.1) is 0 Å². The number of hydrogen-bond acceptors (Lipinski definition) is 3. The van der Waals surface area contributed by atoms with E-state index in [1.807, 2.05) is 7.11 Å². The molecule has 3 nitrogen and oxygen atoms in total. The summed E-state index contributed by atoms with van der Waals surface area (Å²) in [6.07, 6.45) is 10.1. The summed E-state index contributed by atoms with van der Waals surface area (Å²) in [5, 5.41) is 0. The summed E-state index contributed by atoms with van der Waals surface area (Å²) >= 11 is 0. The first kappa shape index (κ1) is 16.3. The second kappa shape index (κ2) is 8.35. The van der Waals surface area contributed by atoms with Gasteiger partial charge >= 0.3 is 0 Å². The predicted octanol–water partition coefficient (Wildman–Crippen LogP) is 3.00. The lowest BCUT2D eigenvalue weighted by molar-refractivity contribution is 0.0544. The molecule has 1 unspecified atom stereocenters. The molecule has 0 bridgehead atoms. The van der Waals surface area contributed by atoms with Gasteiger partial charge in [0.15, 0.2) is 0 Å². The van der Waals surface area contributed by atoms with Crippen LogP contribution < -0.4 is 0 Å². The third kappa shape index (κ3) is 5.01. The van der Waals surface area contributed by atoms with E-state index in [0.717, 1.165) is 12.0 Å². The Morgan fingerprint density at radius 1 is 1.05 bits per heavy atom. The Hall–Kier alpha value is -0.120. The highest BCUT2D eigenvalue weighted by atomic mass is 16.5. The maximum Gasteiger partial charge on any atom is 0.0571 e. The van der Waals surface area contributed by atoms with E-state index < -0.39 is 0 Å². The van der Waals surface area contributed by atoms with Gasteiger partial charge in [-0.3, -0.25) is 4.90 Å². The van der Waals surface area contributed by atoms with Gasteiger partial charge in [0.05, 0.1) is 6.10 Å². The minimum atomic E-state index is 0.551. The molecule has 0 aromatic heterocycles. The number of nitrogens with zero attached hydrogens (tertiary/aromatic N) is 2. The molecule has 20 heavy (non-hydrogen) atoms. The van der Waals surface area contributed by atoms with Crippen LogP contribution in [-0.2, 0) is 4.74 Å². The lowest BCUT2D eigenvalue weighted by Crippen LogP contribution is -2.48. The number of methoxy groups -OCH3 is 1. The number of piperazine rings is 1. The van der Waals surface area contributed by atoms with E-state index in [1.54, 1.807) is 0 Å². The van der Waals surface area contributed by atoms with E-state index in [2.05, 4.69) is 23.8 Å². The summed E-state index contributed by atoms with van der Waals surface area (Å²) in [5.41, 5.74) is 0. The largest absolute Gasteiger partial charge is 0.381 e. The molecule has 0 N–H and O–H groups in total. The van der Waals surface area contributed by atoms with Gasteiger partial charge in [0, 0.05) is 39.3 Å². The Balaban J connectivity index is 1.56. The van der Waals surface area contributed by atoms with E-state index in [1.165, 1.54) is 71.1 Å². The highest BCUT2D eigenvalue weighted by Gasteiger charge is 2.22. The molecule has 0 spiro atoms. The molecule has 0 aromatic rings. The van der Waals surface area contributed by atoms with Crippen molar-refractivity contribution in [2.24, 2.45) is 5.92 Å². The minimum Gasteiger partial charge on any atom is -0.381 e. The molecule has 1 aliphatic carbocycles. The van der Waals surface area contributed by atoms with Crippen LogP contribution in [0.2, 0.25) is 0 Å².